The highest BCUT2D eigenvalue weighted by atomic mass is 79.9. The second kappa shape index (κ2) is 4.67. The standard InChI is InChI=1S/C13H17BrClN/c1-9(16-8-13(2)5-6-13)11-4-3-10(14)7-12(11)15/h3-4,7,9,16H,5-6,8H2,1-2H3. The highest BCUT2D eigenvalue weighted by Gasteiger charge is 2.36. The predicted octanol–water partition coefficient (Wildman–Crippen LogP) is 4.55. The summed E-state index contributed by atoms with van der Waals surface area (Å²) in [7, 11) is 0. The monoisotopic (exact) mass is 301 g/mol. The minimum atomic E-state index is 0.318. The molecule has 1 N–H and O–H groups in total. The Hall–Kier alpha value is -0.0500. The normalized spacial score (nSPS) is 19.5. The van der Waals surface area contributed by atoms with Crippen LogP contribution in [0.25, 0.3) is 0 Å². The van der Waals surface area contributed by atoms with E-state index in [0.717, 1.165) is 16.0 Å². The summed E-state index contributed by atoms with van der Waals surface area (Å²) in [5.41, 5.74) is 1.71. The van der Waals surface area contributed by atoms with Gasteiger partial charge in [-0.3, -0.25) is 0 Å². The molecule has 1 fully saturated rings. The third-order valence-corrected chi connectivity index (χ3v) is 4.19. The van der Waals surface area contributed by atoms with Gasteiger partial charge in [0.05, 0.1) is 0 Å². The van der Waals surface area contributed by atoms with Gasteiger partial charge in [-0.15, -0.1) is 0 Å². The molecule has 16 heavy (non-hydrogen) atoms. The molecular weight excluding hydrogens is 286 g/mol. The van der Waals surface area contributed by atoms with Crippen molar-refractivity contribution >= 4 is 27.5 Å². The summed E-state index contributed by atoms with van der Waals surface area (Å²) in [6, 6.07) is 6.39. The summed E-state index contributed by atoms with van der Waals surface area (Å²) in [4.78, 5) is 0. The maximum absolute atomic E-state index is 6.22. The summed E-state index contributed by atoms with van der Waals surface area (Å²) < 4.78 is 1.03. The van der Waals surface area contributed by atoms with Crippen LogP contribution in [0.5, 0.6) is 0 Å². The molecule has 0 radical (unpaired) electrons. The van der Waals surface area contributed by atoms with Gasteiger partial charge in [-0.25, -0.2) is 0 Å². The smallest absolute Gasteiger partial charge is 0.0464 e. The summed E-state index contributed by atoms with van der Waals surface area (Å²) >= 11 is 9.64. The van der Waals surface area contributed by atoms with Crippen LogP contribution in [-0.2, 0) is 0 Å². The minimum absolute atomic E-state index is 0.318. The topological polar surface area (TPSA) is 12.0 Å². The molecule has 0 heterocycles. The van der Waals surface area contributed by atoms with Crippen molar-refractivity contribution in [2.24, 2.45) is 5.41 Å². The lowest BCUT2D eigenvalue weighted by atomic mass is 10.1. The van der Waals surface area contributed by atoms with Gasteiger partial charge >= 0.3 is 0 Å². The van der Waals surface area contributed by atoms with Crippen LogP contribution in [0.2, 0.25) is 5.02 Å². The SMILES string of the molecule is CC(NCC1(C)CC1)c1ccc(Br)cc1Cl. The van der Waals surface area contributed by atoms with E-state index in [2.05, 4.69) is 41.2 Å². The van der Waals surface area contributed by atoms with Crippen LogP contribution in [0.15, 0.2) is 22.7 Å². The molecule has 1 atom stereocenters. The van der Waals surface area contributed by atoms with Gasteiger partial charge in [0.2, 0.25) is 0 Å². The number of hydrogen-bond acceptors (Lipinski definition) is 1. The van der Waals surface area contributed by atoms with Crippen molar-refractivity contribution < 1.29 is 0 Å². The van der Waals surface area contributed by atoms with Crippen LogP contribution in [0, 0.1) is 5.41 Å². The number of halogens is 2. The van der Waals surface area contributed by atoms with Gasteiger partial charge in [-0.1, -0.05) is 40.5 Å². The first kappa shape index (κ1) is 12.4. The second-order valence-corrected chi connectivity index (χ2v) is 6.40. The molecule has 0 saturated heterocycles. The van der Waals surface area contributed by atoms with Crippen molar-refractivity contribution in [3.63, 3.8) is 0 Å². The molecule has 1 aromatic rings. The largest absolute Gasteiger partial charge is 0.310 e. The quantitative estimate of drug-likeness (QED) is 0.860. The molecule has 1 nitrogen and oxygen atoms in total. The first-order chi connectivity index (χ1) is 7.50. The Bertz CT molecular complexity index is 388. The van der Waals surface area contributed by atoms with Crippen LogP contribution in [0.3, 0.4) is 0 Å². The zero-order valence-corrected chi connectivity index (χ0v) is 12.0. The molecule has 1 aliphatic carbocycles. The number of benzene rings is 1. The number of rotatable bonds is 4. The lowest BCUT2D eigenvalue weighted by Crippen LogP contribution is -2.25. The van der Waals surface area contributed by atoms with E-state index in [0.29, 0.717) is 11.5 Å². The van der Waals surface area contributed by atoms with Gasteiger partial charge in [-0.2, -0.15) is 0 Å². The van der Waals surface area contributed by atoms with Crippen LogP contribution in [-0.4, -0.2) is 6.54 Å². The van der Waals surface area contributed by atoms with Gasteiger partial charge in [0.25, 0.3) is 0 Å². The Morgan fingerprint density at radius 2 is 2.19 bits per heavy atom. The molecular formula is C13H17BrClN. The highest BCUT2D eigenvalue weighted by Crippen LogP contribution is 2.44. The maximum atomic E-state index is 6.22. The summed E-state index contributed by atoms with van der Waals surface area (Å²) in [5.74, 6) is 0. The van der Waals surface area contributed by atoms with E-state index in [-0.39, 0.29) is 0 Å². The molecule has 0 bridgehead atoms. The lowest BCUT2D eigenvalue weighted by molar-refractivity contribution is 0.457. The second-order valence-electron chi connectivity index (χ2n) is 5.08. The van der Waals surface area contributed by atoms with Crippen molar-refractivity contribution in [2.45, 2.75) is 32.7 Å². The van der Waals surface area contributed by atoms with Crippen LogP contribution in [0.4, 0.5) is 0 Å². The Balaban J connectivity index is 1.99. The van der Waals surface area contributed by atoms with E-state index in [4.69, 9.17) is 11.6 Å². The number of hydrogen-bond donors (Lipinski definition) is 1. The molecule has 0 aromatic heterocycles. The van der Waals surface area contributed by atoms with Crippen molar-refractivity contribution in [3.05, 3.63) is 33.3 Å². The third-order valence-electron chi connectivity index (χ3n) is 3.37. The van der Waals surface area contributed by atoms with Crippen molar-refractivity contribution in [1.82, 2.24) is 5.32 Å². The fourth-order valence-electron chi connectivity index (χ4n) is 1.75. The molecule has 1 unspecified atom stereocenters. The molecule has 0 aliphatic heterocycles. The third kappa shape index (κ3) is 2.99. The van der Waals surface area contributed by atoms with Crippen molar-refractivity contribution in [2.75, 3.05) is 6.54 Å². The summed E-state index contributed by atoms with van der Waals surface area (Å²) in [5, 5.41) is 4.39. The molecule has 1 aliphatic rings. The van der Waals surface area contributed by atoms with Gasteiger partial charge in [0.15, 0.2) is 0 Å². The zero-order valence-electron chi connectivity index (χ0n) is 9.69. The molecule has 0 amide bonds. The molecule has 2 rings (SSSR count). The zero-order chi connectivity index (χ0) is 11.8. The van der Waals surface area contributed by atoms with Gasteiger partial charge in [-0.05, 0) is 42.9 Å². The van der Waals surface area contributed by atoms with Crippen LogP contribution >= 0.6 is 27.5 Å². The Morgan fingerprint density at radius 3 is 2.75 bits per heavy atom. The van der Waals surface area contributed by atoms with E-state index in [1.807, 2.05) is 12.1 Å². The first-order valence-corrected chi connectivity index (χ1v) is 6.86. The number of nitrogens with one attached hydrogen (secondary N) is 1. The van der Waals surface area contributed by atoms with E-state index >= 15 is 0 Å². The molecule has 0 spiro atoms. The van der Waals surface area contributed by atoms with Gasteiger partial charge < -0.3 is 5.32 Å². The Morgan fingerprint density at radius 1 is 1.50 bits per heavy atom. The molecule has 88 valence electrons. The average molecular weight is 303 g/mol. The molecule has 3 heteroatoms. The highest BCUT2D eigenvalue weighted by molar-refractivity contribution is 9.10. The Kier molecular flexibility index (Phi) is 3.62. The maximum Gasteiger partial charge on any atom is 0.0464 e. The summed E-state index contributed by atoms with van der Waals surface area (Å²) in [6.45, 7) is 5.58. The van der Waals surface area contributed by atoms with E-state index in [9.17, 15) is 0 Å². The average Bonchev–Trinajstić information content (AvgIpc) is 2.94. The summed E-state index contributed by atoms with van der Waals surface area (Å²) in [6.07, 6.45) is 2.70. The molecule has 1 aromatic carbocycles. The van der Waals surface area contributed by atoms with E-state index < -0.39 is 0 Å². The van der Waals surface area contributed by atoms with Gasteiger partial charge in [0.1, 0.15) is 0 Å². The fraction of sp³-hybridized carbons (Fsp3) is 0.538. The minimum Gasteiger partial charge on any atom is -0.310 e. The van der Waals surface area contributed by atoms with Crippen molar-refractivity contribution in [1.29, 1.82) is 0 Å². The van der Waals surface area contributed by atoms with Crippen molar-refractivity contribution in [3.8, 4) is 0 Å². The van der Waals surface area contributed by atoms with E-state index in [1.54, 1.807) is 0 Å². The van der Waals surface area contributed by atoms with Crippen LogP contribution in [0.1, 0.15) is 38.3 Å². The van der Waals surface area contributed by atoms with Crippen LogP contribution < -0.4 is 5.32 Å². The Labute approximate surface area is 111 Å². The van der Waals surface area contributed by atoms with E-state index in [1.165, 1.54) is 18.4 Å². The first-order valence-electron chi connectivity index (χ1n) is 5.68. The lowest BCUT2D eigenvalue weighted by Gasteiger charge is -2.18. The van der Waals surface area contributed by atoms with Gasteiger partial charge in [0, 0.05) is 22.1 Å². The molecule has 1 saturated carbocycles. The predicted molar refractivity (Wildman–Crippen MR) is 72.9 cm³/mol. The fourth-order valence-corrected chi connectivity index (χ4v) is 2.59.